The molecule has 3 aliphatic heterocycles. The summed E-state index contributed by atoms with van der Waals surface area (Å²) in [4.78, 5) is 24.9. The van der Waals surface area contributed by atoms with Gasteiger partial charge in [-0.1, -0.05) is 41.5 Å². The number of hydrazine groups is 1. The lowest BCUT2D eigenvalue weighted by Gasteiger charge is -2.03. The first-order valence-electron chi connectivity index (χ1n) is 10.7. The number of cyclic esters (lactones) is 1. The van der Waals surface area contributed by atoms with Gasteiger partial charge in [-0.3, -0.25) is 4.79 Å². The fourth-order valence-corrected chi connectivity index (χ4v) is 4.27. The highest BCUT2D eigenvalue weighted by Gasteiger charge is 2.14. The van der Waals surface area contributed by atoms with E-state index in [1.807, 2.05) is 23.5 Å². The maximum Gasteiger partial charge on any atom is 0.434 e. The van der Waals surface area contributed by atoms with Crippen molar-refractivity contribution in [2.45, 2.75) is 57.3 Å². The number of thioether (sulfide) groups is 3. The van der Waals surface area contributed by atoms with Crippen molar-refractivity contribution in [3.8, 4) is 0 Å². The third kappa shape index (κ3) is 14.8. The van der Waals surface area contributed by atoms with E-state index in [9.17, 15) is 9.59 Å². The fraction of sp³-hybridized carbons (Fsp3) is 0.714. The highest BCUT2D eigenvalue weighted by Crippen LogP contribution is 2.15. The molecule has 8 nitrogen and oxygen atoms in total. The van der Waals surface area contributed by atoms with Gasteiger partial charge in [0.1, 0.15) is 6.61 Å². The van der Waals surface area contributed by atoms with E-state index >= 15 is 0 Å². The van der Waals surface area contributed by atoms with Crippen LogP contribution in [0.1, 0.15) is 41.5 Å². The first-order chi connectivity index (χ1) is 15.2. The minimum Gasteiger partial charge on any atom is -0.442 e. The molecule has 182 valence electrons. The summed E-state index contributed by atoms with van der Waals surface area (Å²) in [5.41, 5.74) is 8.93. The minimum absolute atomic E-state index is 0.0596. The number of hydrogen-bond acceptors (Lipinski definition) is 9. The Labute approximate surface area is 205 Å². The Morgan fingerprint density at radius 2 is 1.50 bits per heavy atom. The Balaban J connectivity index is 0.000000240. The second-order valence-corrected chi connectivity index (χ2v) is 12.7. The Kier molecular flexibility index (Phi) is 14.8. The molecule has 0 unspecified atom stereocenters. The lowest BCUT2D eigenvalue weighted by Crippen LogP contribution is -2.22. The molecule has 0 spiro atoms. The molecule has 0 fully saturated rings. The van der Waals surface area contributed by atoms with Gasteiger partial charge < -0.3 is 10.1 Å². The molecule has 0 saturated carbocycles. The summed E-state index contributed by atoms with van der Waals surface area (Å²) in [5.74, 6) is 2.89. The summed E-state index contributed by atoms with van der Waals surface area (Å²) in [6, 6.07) is 0. The number of aliphatic imine (C=N–C) groups is 1. The summed E-state index contributed by atoms with van der Waals surface area (Å²) in [5, 5.41) is 8.71. The van der Waals surface area contributed by atoms with Crippen LogP contribution < -0.4 is 16.3 Å². The number of carbonyl (C=O) groups is 2. The van der Waals surface area contributed by atoms with Crippen molar-refractivity contribution in [3.05, 3.63) is 11.6 Å². The third-order valence-corrected chi connectivity index (χ3v) is 7.33. The van der Waals surface area contributed by atoms with Crippen molar-refractivity contribution >= 4 is 58.7 Å². The number of hydrogen-bond donors (Lipinski definition) is 3. The third-order valence-electron chi connectivity index (χ3n) is 3.79. The molecule has 2 amide bonds. The molecule has 32 heavy (non-hydrogen) atoms. The molecule has 3 aliphatic rings. The zero-order valence-corrected chi connectivity index (χ0v) is 22.3. The van der Waals surface area contributed by atoms with Gasteiger partial charge >= 0.3 is 6.09 Å². The number of nitrogens with one attached hydrogen (secondary N) is 3. The monoisotopic (exact) mass is 503 g/mol. The molecular formula is C21H37N5O3S3. The van der Waals surface area contributed by atoms with Gasteiger partial charge in [0.15, 0.2) is 0 Å². The van der Waals surface area contributed by atoms with Gasteiger partial charge in [-0.2, -0.15) is 45.4 Å². The van der Waals surface area contributed by atoms with Crippen molar-refractivity contribution in [2.75, 3.05) is 37.0 Å². The number of nitrogens with zero attached hydrogens (tertiary/aromatic N) is 2. The predicted molar refractivity (Wildman–Crippen MR) is 141 cm³/mol. The van der Waals surface area contributed by atoms with Gasteiger partial charge in [-0.25, -0.2) is 15.8 Å². The standard InChI is InChI=1S/C8H13NOS.C7H11NO2S.C6H13N3S/c1-6(2)11-5-7-3-8(10)9-4-7;1-5(2)11-4-6-3-10-7(9)8-6;1-5(2)10-4-6-3-7-9-8-6/h3,6H,4-5H2,1-2H3,(H,9,10);5H,3-4H2,1-2H3;5,7,9H,3-4H2,1-2H3. The van der Waals surface area contributed by atoms with Gasteiger partial charge in [0.05, 0.1) is 18.0 Å². The largest absolute Gasteiger partial charge is 0.442 e. The number of hydrazone groups is 1. The zero-order valence-electron chi connectivity index (χ0n) is 19.9. The Morgan fingerprint density at radius 1 is 0.906 bits per heavy atom. The van der Waals surface area contributed by atoms with Crippen LogP contribution in [0, 0.1) is 0 Å². The van der Waals surface area contributed by atoms with Crippen LogP contribution in [0.2, 0.25) is 0 Å². The van der Waals surface area contributed by atoms with Crippen LogP contribution in [0.15, 0.2) is 21.7 Å². The molecule has 3 N–H and O–H groups in total. The van der Waals surface area contributed by atoms with Crippen molar-refractivity contribution in [2.24, 2.45) is 10.1 Å². The molecule has 0 radical (unpaired) electrons. The van der Waals surface area contributed by atoms with E-state index in [2.05, 4.69) is 72.7 Å². The smallest absolute Gasteiger partial charge is 0.434 e. The van der Waals surface area contributed by atoms with Crippen LogP contribution >= 0.6 is 35.3 Å². The second kappa shape index (κ2) is 16.4. The van der Waals surface area contributed by atoms with E-state index in [1.54, 1.807) is 17.8 Å². The average Bonchev–Trinajstić information content (AvgIpc) is 3.47. The first kappa shape index (κ1) is 28.9. The number of carbonyl (C=O) groups excluding carboxylic acids is 2. The van der Waals surface area contributed by atoms with Crippen LogP contribution in [-0.2, 0) is 9.53 Å². The molecule has 3 rings (SSSR count). The van der Waals surface area contributed by atoms with Crippen LogP contribution in [0.25, 0.3) is 0 Å². The van der Waals surface area contributed by atoms with Gasteiger partial charge in [-0.15, -0.1) is 0 Å². The van der Waals surface area contributed by atoms with Crippen LogP contribution in [-0.4, -0.2) is 76.1 Å². The number of rotatable bonds is 9. The van der Waals surface area contributed by atoms with Crippen molar-refractivity contribution in [1.29, 1.82) is 0 Å². The van der Waals surface area contributed by atoms with Crippen molar-refractivity contribution in [3.63, 3.8) is 0 Å². The predicted octanol–water partition coefficient (Wildman–Crippen LogP) is 3.50. The Morgan fingerprint density at radius 3 is 1.94 bits per heavy atom. The quantitative estimate of drug-likeness (QED) is 0.439. The maximum atomic E-state index is 10.7. The second-order valence-electron chi connectivity index (χ2n) is 7.98. The zero-order chi connectivity index (χ0) is 23.9. The first-order valence-corrected chi connectivity index (χ1v) is 13.9. The molecule has 3 heterocycles. The minimum atomic E-state index is -0.440. The van der Waals surface area contributed by atoms with E-state index in [-0.39, 0.29) is 5.91 Å². The summed E-state index contributed by atoms with van der Waals surface area (Å²) in [7, 11) is 0. The lowest BCUT2D eigenvalue weighted by atomic mass is 10.3. The molecule has 0 saturated heterocycles. The fourth-order valence-electron chi connectivity index (χ4n) is 2.18. The molecule has 11 heteroatoms. The Hall–Kier alpha value is -1.17. The van der Waals surface area contributed by atoms with Gasteiger partial charge in [0.2, 0.25) is 5.91 Å². The topological polar surface area (TPSA) is 104 Å². The molecule has 0 atom stereocenters. The molecular weight excluding hydrogens is 466 g/mol. The van der Waals surface area contributed by atoms with E-state index in [0.717, 1.165) is 36.1 Å². The number of ether oxygens (including phenoxy) is 1. The van der Waals surface area contributed by atoms with Crippen LogP contribution in [0.5, 0.6) is 0 Å². The van der Waals surface area contributed by atoms with Gasteiger partial charge in [0, 0.05) is 29.9 Å². The van der Waals surface area contributed by atoms with E-state index in [0.29, 0.717) is 22.4 Å². The molecule has 0 aromatic heterocycles. The highest BCUT2D eigenvalue weighted by molar-refractivity contribution is 8.00. The van der Waals surface area contributed by atoms with Crippen molar-refractivity contribution in [1.82, 2.24) is 16.3 Å². The Bertz CT molecular complexity index is 652. The summed E-state index contributed by atoms with van der Waals surface area (Å²) in [6.45, 7) is 15.0. The van der Waals surface area contributed by atoms with E-state index in [1.165, 1.54) is 11.3 Å². The molecule has 0 aromatic carbocycles. The van der Waals surface area contributed by atoms with Crippen LogP contribution in [0.3, 0.4) is 0 Å². The summed E-state index contributed by atoms with van der Waals surface area (Å²) in [6.07, 6.45) is 1.26. The van der Waals surface area contributed by atoms with Crippen molar-refractivity contribution < 1.29 is 14.3 Å². The molecule has 0 aromatic rings. The van der Waals surface area contributed by atoms with E-state index < -0.39 is 6.09 Å². The average molecular weight is 504 g/mol. The van der Waals surface area contributed by atoms with E-state index in [4.69, 9.17) is 0 Å². The van der Waals surface area contributed by atoms with Crippen LogP contribution in [0.4, 0.5) is 4.79 Å². The maximum absolute atomic E-state index is 10.7. The SMILES string of the molecule is CC(C)SCC1=CC(=O)NC1.CC(C)SCC1=NC(=O)OC1.CC(C)SCC1=NNNC1. The molecule has 0 bridgehead atoms. The van der Waals surface area contributed by atoms with Gasteiger partial charge in [0.25, 0.3) is 0 Å². The highest BCUT2D eigenvalue weighted by atomic mass is 32.2. The number of amides is 2. The lowest BCUT2D eigenvalue weighted by molar-refractivity contribution is -0.115. The molecule has 0 aliphatic carbocycles. The normalized spacial score (nSPS) is 17.1. The summed E-state index contributed by atoms with van der Waals surface area (Å²) >= 11 is 5.56. The van der Waals surface area contributed by atoms with Gasteiger partial charge in [-0.05, 0) is 21.3 Å². The summed E-state index contributed by atoms with van der Waals surface area (Å²) < 4.78 is 4.64.